The Morgan fingerprint density at radius 3 is 2.29 bits per heavy atom. The quantitative estimate of drug-likeness (QED) is 0.584. The first-order valence-electron chi connectivity index (χ1n) is 8.98. The predicted octanol–water partition coefficient (Wildman–Crippen LogP) is 4.41. The molecule has 4 rings (SSSR count). The number of anilines is 1. The van der Waals surface area contributed by atoms with Crippen molar-refractivity contribution in [1.29, 1.82) is 0 Å². The number of halogens is 1. The van der Waals surface area contributed by atoms with Crippen molar-refractivity contribution < 1.29 is 4.79 Å². The van der Waals surface area contributed by atoms with Crippen LogP contribution in [-0.2, 0) is 11.8 Å². The molecule has 1 aromatic heterocycles. The first-order valence-corrected chi connectivity index (χ1v) is 10.7. The number of hydrogen-bond acceptors (Lipinski definition) is 3. The number of para-hydroxylation sites is 1. The third kappa shape index (κ3) is 3.02. The maximum Gasteiger partial charge on any atom is 0.295 e. The van der Waals surface area contributed by atoms with E-state index in [1.807, 2.05) is 80.2 Å². The molecule has 144 valence electrons. The normalized spacial score (nSPS) is 19.4. The molecule has 1 aliphatic heterocycles. The molecule has 2 atom stereocenters. The molecule has 0 N–H and O–H groups in total. The molecule has 0 aliphatic carbocycles. The van der Waals surface area contributed by atoms with Crippen LogP contribution in [0.25, 0.3) is 5.69 Å². The summed E-state index contributed by atoms with van der Waals surface area (Å²) in [7, 11) is 1.85. The van der Waals surface area contributed by atoms with E-state index < -0.39 is 0 Å². The van der Waals surface area contributed by atoms with Crippen molar-refractivity contribution >= 4 is 39.3 Å². The number of benzene rings is 2. The molecule has 7 heteroatoms. The summed E-state index contributed by atoms with van der Waals surface area (Å²) in [6.07, 6.45) is 0. The Morgan fingerprint density at radius 2 is 1.64 bits per heavy atom. The van der Waals surface area contributed by atoms with E-state index in [1.54, 1.807) is 21.3 Å². The summed E-state index contributed by atoms with van der Waals surface area (Å²) >= 11 is 5.02. The Balaban J connectivity index is 1.88. The number of nitrogens with zero attached hydrogens (tertiary/aromatic N) is 3. The lowest BCUT2D eigenvalue weighted by Gasteiger charge is -2.23. The van der Waals surface area contributed by atoms with Gasteiger partial charge < -0.3 is 0 Å². The molecule has 0 bridgehead atoms. The van der Waals surface area contributed by atoms with Crippen LogP contribution in [0.2, 0.25) is 0 Å². The van der Waals surface area contributed by atoms with Gasteiger partial charge in [0.1, 0.15) is 11.1 Å². The molecular formula is C21H20BrN3O2S. The number of thioether (sulfide) groups is 1. The van der Waals surface area contributed by atoms with Crippen LogP contribution in [0.3, 0.4) is 0 Å². The van der Waals surface area contributed by atoms with Crippen LogP contribution in [0.5, 0.6) is 0 Å². The number of aromatic nitrogens is 2. The minimum absolute atomic E-state index is 0.0380. The van der Waals surface area contributed by atoms with Gasteiger partial charge in [-0.25, -0.2) is 4.68 Å². The Morgan fingerprint density at radius 1 is 1.00 bits per heavy atom. The molecule has 28 heavy (non-hydrogen) atoms. The summed E-state index contributed by atoms with van der Waals surface area (Å²) in [5.74, 6) is -0.0380. The van der Waals surface area contributed by atoms with Gasteiger partial charge in [0.15, 0.2) is 0 Å². The van der Waals surface area contributed by atoms with Crippen LogP contribution < -0.4 is 10.5 Å². The molecule has 0 spiro atoms. The Hall–Kier alpha value is -2.25. The molecule has 2 heterocycles. The molecule has 1 saturated heterocycles. The fourth-order valence-electron chi connectivity index (χ4n) is 3.54. The van der Waals surface area contributed by atoms with Gasteiger partial charge >= 0.3 is 0 Å². The van der Waals surface area contributed by atoms with E-state index in [4.69, 9.17) is 0 Å². The van der Waals surface area contributed by atoms with Crippen molar-refractivity contribution in [1.82, 2.24) is 9.36 Å². The monoisotopic (exact) mass is 457 g/mol. The van der Waals surface area contributed by atoms with E-state index in [-0.39, 0.29) is 22.1 Å². The largest absolute Gasteiger partial charge is 0.295 e. The summed E-state index contributed by atoms with van der Waals surface area (Å²) in [4.78, 5) is 28.1. The fraction of sp³-hybridized carbons (Fsp3) is 0.238. The highest BCUT2D eigenvalue weighted by atomic mass is 79.9. The molecular weight excluding hydrogens is 438 g/mol. The van der Waals surface area contributed by atoms with Gasteiger partial charge in [-0.05, 0) is 43.7 Å². The zero-order valence-corrected chi connectivity index (χ0v) is 18.2. The van der Waals surface area contributed by atoms with Crippen molar-refractivity contribution in [2.75, 3.05) is 4.90 Å². The third-order valence-corrected chi connectivity index (χ3v) is 6.95. The van der Waals surface area contributed by atoms with E-state index in [1.165, 1.54) is 0 Å². The maximum absolute atomic E-state index is 13.4. The first-order chi connectivity index (χ1) is 13.4. The Labute approximate surface area is 176 Å². The van der Waals surface area contributed by atoms with Crippen molar-refractivity contribution in [2.45, 2.75) is 24.5 Å². The molecule has 0 radical (unpaired) electrons. The van der Waals surface area contributed by atoms with Crippen molar-refractivity contribution in [3.8, 4) is 5.69 Å². The summed E-state index contributed by atoms with van der Waals surface area (Å²) < 4.78 is 4.41. The van der Waals surface area contributed by atoms with Crippen LogP contribution >= 0.6 is 27.7 Å². The highest BCUT2D eigenvalue weighted by Gasteiger charge is 2.42. The van der Waals surface area contributed by atoms with Crippen LogP contribution in [0.15, 0.2) is 63.9 Å². The smallest absolute Gasteiger partial charge is 0.288 e. The second-order valence-corrected chi connectivity index (χ2v) is 9.14. The summed E-state index contributed by atoms with van der Waals surface area (Å²) in [6, 6.07) is 17.4. The summed E-state index contributed by atoms with van der Waals surface area (Å²) in [5, 5.41) is -0.438. The zero-order chi connectivity index (χ0) is 20.0. The van der Waals surface area contributed by atoms with Crippen molar-refractivity contribution in [3.05, 3.63) is 80.7 Å². The van der Waals surface area contributed by atoms with Gasteiger partial charge in [-0.1, -0.05) is 46.3 Å². The standard InChI is InChI=1S/C21H20BrN3O2S/c1-13-18(20(27)25(23(13)3)17-7-5-4-6-8-17)24-19(26)14(2)28-21(24)15-9-11-16(22)12-10-15/h4-12,14,21H,1-3H3/t14-,21+/m1/s1. The minimum atomic E-state index is -0.228. The van der Waals surface area contributed by atoms with Gasteiger partial charge in [0, 0.05) is 11.5 Å². The van der Waals surface area contributed by atoms with E-state index in [0.29, 0.717) is 5.69 Å². The average molecular weight is 458 g/mol. The SMILES string of the molecule is Cc1c(N2C(=O)[C@@H](C)S[C@H]2c2ccc(Br)cc2)c(=O)n(-c2ccccc2)n1C. The summed E-state index contributed by atoms with van der Waals surface area (Å²) in [5.41, 5.74) is 2.80. The van der Waals surface area contributed by atoms with E-state index >= 15 is 0 Å². The third-order valence-electron chi connectivity index (χ3n) is 5.07. The lowest BCUT2D eigenvalue weighted by molar-refractivity contribution is -0.117. The van der Waals surface area contributed by atoms with Gasteiger partial charge in [0.05, 0.1) is 16.6 Å². The fourth-order valence-corrected chi connectivity index (χ4v) is 5.06. The van der Waals surface area contributed by atoms with Gasteiger partial charge in [-0.15, -0.1) is 11.8 Å². The Kier molecular flexibility index (Phi) is 4.97. The zero-order valence-electron chi connectivity index (χ0n) is 15.8. The van der Waals surface area contributed by atoms with E-state index in [2.05, 4.69) is 15.9 Å². The van der Waals surface area contributed by atoms with E-state index in [0.717, 1.165) is 21.4 Å². The van der Waals surface area contributed by atoms with E-state index in [9.17, 15) is 9.59 Å². The van der Waals surface area contributed by atoms with Crippen LogP contribution in [0.4, 0.5) is 5.69 Å². The van der Waals surface area contributed by atoms with Crippen LogP contribution in [-0.4, -0.2) is 20.5 Å². The highest BCUT2D eigenvalue weighted by molar-refractivity contribution is 9.10. The number of rotatable bonds is 3. The number of amides is 1. The van der Waals surface area contributed by atoms with Gasteiger partial charge in [-0.3, -0.25) is 19.2 Å². The molecule has 0 unspecified atom stereocenters. The summed E-state index contributed by atoms with van der Waals surface area (Å²) in [6.45, 7) is 3.78. The van der Waals surface area contributed by atoms with Gasteiger partial charge in [0.25, 0.3) is 5.56 Å². The average Bonchev–Trinajstić information content (AvgIpc) is 3.09. The van der Waals surface area contributed by atoms with Gasteiger partial charge in [-0.2, -0.15) is 0 Å². The minimum Gasteiger partial charge on any atom is -0.288 e. The molecule has 5 nitrogen and oxygen atoms in total. The molecule has 3 aromatic rings. The molecule has 0 saturated carbocycles. The van der Waals surface area contributed by atoms with Crippen molar-refractivity contribution in [3.63, 3.8) is 0 Å². The van der Waals surface area contributed by atoms with Crippen LogP contribution in [0, 0.1) is 6.92 Å². The van der Waals surface area contributed by atoms with Gasteiger partial charge in [0.2, 0.25) is 5.91 Å². The number of carbonyl (C=O) groups excluding carboxylic acids is 1. The first kappa shape index (κ1) is 19.1. The Bertz CT molecular complexity index is 1090. The molecule has 1 amide bonds. The predicted molar refractivity (Wildman–Crippen MR) is 117 cm³/mol. The number of carbonyl (C=O) groups is 1. The second kappa shape index (κ2) is 7.29. The highest BCUT2D eigenvalue weighted by Crippen LogP contribution is 2.45. The topological polar surface area (TPSA) is 47.2 Å². The van der Waals surface area contributed by atoms with Crippen molar-refractivity contribution in [2.24, 2.45) is 7.05 Å². The lowest BCUT2D eigenvalue weighted by atomic mass is 10.2. The second-order valence-electron chi connectivity index (χ2n) is 6.80. The number of hydrogen-bond donors (Lipinski definition) is 0. The maximum atomic E-state index is 13.4. The molecule has 1 aliphatic rings. The molecule has 2 aromatic carbocycles. The van der Waals surface area contributed by atoms with Crippen LogP contribution in [0.1, 0.15) is 23.6 Å². The lowest BCUT2D eigenvalue weighted by Crippen LogP contribution is -2.34. The molecule has 1 fully saturated rings.